The van der Waals surface area contributed by atoms with E-state index >= 15 is 0 Å². The molecule has 0 unspecified atom stereocenters. The summed E-state index contributed by atoms with van der Waals surface area (Å²) in [6.07, 6.45) is 10.7. The molecule has 0 spiro atoms. The number of nitrogens with zero attached hydrogens (tertiary/aromatic N) is 3. The molecule has 1 aromatic carbocycles. The minimum Gasteiger partial charge on any atom is -0.339 e. The highest BCUT2D eigenvalue weighted by molar-refractivity contribution is 5.91. The Bertz CT molecular complexity index is 624. The molecule has 0 saturated carbocycles. The molecule has 0 N–H and O–H groups in total. The van der Waals surface area contributed by atoms with Crippen LogP contribution in [0.3, 0.4) is 0 Å². The Morgan fingerprint density at radius 2 is 1.86 bits per heavy atom. The lowest BCUT2D eigenvalue weighted by Gasteiger charge is -2.25. The fraction of sp³-hybridized carbons (Fsp3) is 0.294. The molecule has 4 nitrogen and oxygen atoms in total. The van der Waals surface area contributed by atoms with Crippen molar-refractivity contribution in [3.8, 4) is 5.69 Å². The lowest BCUT2D eigenvalue weighted by molar-refractivity contribution is -0.126. The van der Waals surface area contributed by atoms with Crippen LogP contribution in [0.4, 0.5) is 0 Å². The molecule has 1 saturated heterocycles. The lowest BCUT2D eigenvalue weighted by atomic mass is 10.1. The van der Waals surface area contributed by atoms with Gasteiger partial charge < -0.3 is 4.90 Å². The van der Waals surface area contributed by atoms with Gasteiger partial charge in [0, 0.05) is 30.9 Å². The van der Waals surface area contributed by atoms with Gasteiger partial charge >= 0.3 is 0 Å². The Morgan fingerprint density at radius 1 is 1.10 bits per heavy atom. The molecule has 4 heteroatoms. The van der Waals surface area contributed by atoms with Gasteiger partial charge in [0.15, 0.2) is 0 Å². The zero-order valence-electron chi connectivity index (χ0n) is 12.0. The van der Waals surface area contributed by atoms with Crippen LogP contribution in [0.1, 0.15) is 24.8 Å². The average Bonchev–Trinajstić information content (AvgIpc) is 3.03. The van der Waals surface area contributed by atoms with Gasteiger partial charge in [-0.3, -0.25) is 4.79 Å². The summed E-state index contributed by atoms with van der Waals surface area (Å²) in [6.45, 7) is 1.76. The van der Waals surface area contributed by atoms with E-state index in [1.54, 1.807) is 12.3 Å². The van der Waals surface area contributed by atoms with Crippen LogP contribution in [0, 0.1) is 0 Å². The second-order valence-electron chi connectivity index (χ2n) is 5.27. The first-order chi connectivity index (χ1) is 10.3. The molecule has 1 aliphatic heterocycles. The zero-order valence-corrected chi connectivity index (χ0v) is 12.0. The molecule has 1 amide bonds. The molecule has 0 aliphatic carbocycles. The summed E-state index contributed by atoms with van der Waals surface area (Å²) < 4.78 is 1.81. The molecular weight excluding hydrogens is 262 g/mol. The standard InChI is InChI=1S/C17H19N3O/c21-17(19-11-5-2-6-12-19)10-9-15-13-18-20(14-15)16-7-3-1-4-8-16/h1,3-4,7-10,13-14H,2,5-6,11-12H2/b10-9+. The summed E-state index contributed by atoms with van der Waals surface area (Å²) >= 11 is 0. The number of aromatic nitrogens is 2. The first-order valence-electron chi connectivity index (χ1n) is 7.40. The topological polar surface area (TPSA) is 38.1 Å². The third kappa shape index (κ3) is 3.40. The van der Waals surface area contributed by atoms with Gasteiger partial charge in [-0.2, -0.15) is 5.10 Å². The van der Waals surface area contributed by atoms with E-state index in [2.05, 4.69) is 5.10 Å². The molecule has 0 atom stereocenters. The Morgan fingerprint density at radius 3 is 2.62 bits per heavy atom. The van der Waals surface area contributed by atoms with Crippen molar-refractivity contribution < 1.29 is 4.79 Å². The van der Waals surface area contributed by atoms with Crippen molar-refractivity contribution in [2.45, 2.75) is 19.3 Å². The second kappa shape index (κ2) is 6.39. The molecule has 0 bridgehead atoms. The Balaban J connectivity index is 1.66. The van der Waals surface area contributed by atoms with Crippen LogP contribution < -0.4 is 0 Å². The average molecular weight is 281 g/mol. The number of carbonyl (C=O) groups excluding carboxylic acids is 1. The van der Waals surface area contributed by atoms with Gasteiger partial charge in [0.25, 0.3) is 0 Å². The van der Waals surface area contributed by atoms with Crippen molar-refractivity contribution in [2.24, 2.45) is 0 Å². The fourth-order valence-corrected chi connectivity index (χ4v) is 2.53. The van der Waals surface area contributed by atoms with E-state index in [0.717, 1.165) is 37.2 Å². The third-order valence-corrected chi connectivity index (χ3v) is 3.71. The first kappa shape index (κ1) is 13.6. The number of rotatable bonds is 3. The van der Waals surface area contributed by atoms with Gasteiger partial charge in [-0.1, -0.05) is 18.2 Å². The number of piperidine rings is 1. The van der Waals surface area contributed by atoms with Crippen molar-refractivity contribution >= 4 is 12.0 Å². The van der Waals surface area contributed by atoms with Crippen LogP contribution >= 0.6 is 0 Å². The van der Waals surface area contributed by atoms with Gasteiger partial charge in [0.05, 0.1) is 11.9 Å². The van der Waals surface area contributed by atoms with E-state index in [4.69, 9.17) is 0 Å². The van der Waals surface area contributed by atoms with E-state index in [0.29, 0.717) is 0 Å². The summed E-state index contributed by atoms with van der Waals surface area (Å²) in [4.78, 5) is 14.0. The number of carbonyl (C=O) groups is 1. The van der Waals surface area contributed by atoms with Crippen molar-refractivity contribution in [3.05, 3.63) is 54.4 Å². The summed E-state index contributed by atoms with van der Waals surface area (Å²) in [5.74, 6) is 0.0992. The molecule has 2 aromatic rings. The van der Waals surface area contributed by atoms with Gasteiger partial charge in [-0.05, 0) is 37.5 Å². The number of para-hydroxylation sites is 1. The highest BCUT2D eigenvalue weighted by Gasteiger charge is 2.13. The van der Waals surface area contributed by atoms with Crippen LogP contribution in [0.25, 0.3) is 11.8 Å². The van der Waals surface area contributed by atoms with Crippen LogP contribution in [0.15, 0.2) is 48.8 Å². The maximum atomic E-state index is 12.1. The maximum Gasteiger partial charge on any atom is 0.246 e. The number of hydrogen-bond donors (Lipinski definition) is 0. The summed E-state index contributed by atoms with van der Waals surface area (Å²) in [6, 6.07) is 9.93. The minimum absolute atomic E-state index is 0.0992. The first-order valence-corrected chi connectivity index (χ1v) is 7.40. The predicted octanol–water partition coefficient (Wildman–Crippen LogP) is 2.90. The number of likely N-dealkylation sites (tertiary alicyclic amines) is 1. The van der Waals surface area contributed by atoms with E-state index in [9.17, 15) is 4.79 Å². The molecular formula is C17H19N3O. The quantitative estimate of drug-likeness (QED) is 0.811. The van der Waals surface area contributed by atoms with Crippen molar-refractivity contribution in [1.29, 1.82) is 0 Å². The van der Waals surface area contributed by atoms with E-state index < -0.39 is 0 Å². The molecule has 0 radical (unpaired) electrons. The fourth-order valence-electron chi connectivity index (χ4n) is 2.53. The molecule has 1 aliphatic rings. The monoisotopic (exact) mass is 281 g/mol. The van der Waals surface area contributed by atoms with Gasteiger partial charge in [0.1, 0.15) is 0 Å². The van der Waals surface area contributed by atoms with E-state index in [-0.39, 0.29) is 5.91 Å². The van der Waals surface area contributed by atoms with Crippen LogP contribution in [-0.4, -0.2) is 33.7 Å². The van der Waals surface area contributed by atoms with E-state index in [1.165, 1.54) is 6.42 Å². The number of amides is 1. The van der Waals surface area contributed by atoms with E-state index in [1.807, 2.05) is 52.2 Å². The molecule has 1 aromatic heterocycles. The molecule has 1 fully saturated rings. The van der Waals surface area contributed by atoms with Gasteiger partial charge in [-0.25, -0.2) is 4.68 Å². The maximum absolute atomic E-state index is 12.1. The van der Waals surface area contributed by atoms with Crippen molar-refractivity contribution in [3.63, 3.8) is 0 Å². The highest BCUT2D eigenvalue weighted by Crippen LogP contribution is 2.11. The van der Waals surface area contributed by atoms with Crippen LogP contribution in [-0.2, 0) is 4.79 Å². The number of hydrogen-bond acceptors (Lipinski definition) is 2. The summed E-state index contributed by atoms with van der Waals surface area (Å²) in [5, 5.41) is 4.32. The molecule has 108 valence electrons. The van der Waals surface area contributed by atoms with Crippen LogP contribution in [0.5, 0.6) is 0 Å². The molecule has 2 heterocycles. The van der Waals surface area contributed by atoms with Crippen molar-refractivity contribution in [2.75, 3.05) is 13.1 Å². The smallest absolute Gasteiger partial charge is 0.246 e. The van der Waals surface area contributed by atoms with Gasteiger partial charge in [0.2, 0.25) is 5.91 Å². The Kier molecular flexibility index (Phi) is 4.15. The van der Waals surface area contributed by atoms with Gasteiger partial charge in [-0.15, -0.1) is 0 Å². The highest BCUT2D eigenvalue weighted by atomic mass is 16.2. The van der Waals surface area contributed by atoms with Crippen LogP contribution in [0.2, 0.25) is 0 Å². The Labute approximate surface area is 124 Å². The zero-order chi connectivity index (χ0) is 14.5. The predicted molar refractivity (Wildman–Crippen MR) is 83.0 cm³/mol. The molecule has 3 rings (SSSR count). The summed E-state index contributed by atoms with van der Waals surface area (Å²) in [7, 11) is 0. The SMILES string of the molecule is O=C(/C=C/c1cnn(-c2ccccc2)c1)N1CCCCC1. The lowest BCUT2D eigenvalue weighted by Crippen LogP contribution is -2.34. The second-order valence-corrected chi connectivity index (χ2v) is 5.27. The third-order valence-electron chi connectivity index (χ3n) is 3.71. The summed E-state index contributed by atoms with van der Waals surface area (Å²) in [5.41, 5.74) is 1.95. The largest absolute Gasteiger partial charge is 0.339 e. The molecule has 21 heavy (non-hydrogen) atoms. The Hall–Kier alpha value is -2.36. The minimum atomic E-state index is 0.0992. The number of benzene rings is 1. The van der Waals surface area contributed by atoms with Crippen molar-refractivity contribution in [1.82, 2.24) is 14.7 Å². The normalized spacial score (nSPS) is 15.5.